The summed E-state index contributed by atoms with van der Waals surface area (Å²) < 4.78 is 0. The molecule has 1 atom stereocenters. The van der Waals surface area contributed by atoms with Crippen LogP contribution in [0.3, 0.4) is 0 Å². The van der Waals surface area contributed by atoms with Crippen molar-refractivity contribution in [2.75, 3.05) is 29.0 Å². The van der Waals surface area contributed by atoms with Crippen LogP contribution >= 0.6 is 0 Å². The van der Waals surface area contributed by atoms with E-state index in [4.69, 9.17) is 5.73 Å². The van der Waals surface area contributed by atoms with Gasteiger partial charge in [-0.15, -0.1) is 0 Å². The number of carbonyl (C=O) groups excluding carboxylic acids is 1. The van der Waals surface area contributed by atoms with E-state index in [2.05, 4.69) is 27.1 Å². The molecule has 126 valence electrons. The Kier molecular flexibility index (Phi) is 4.64. The van der Waals surface area contributed by atoms with E-state index in [9.17, 15) is 4.79 Å². The van der Waals surface area contributed by atoms with Gasteiger partial charge in [0.15, 0.2) is 0 Å². The van der Waals surface area contributed by atoms with E-state index in [0.29, 0.717) is 28.8 Å². The highest BCUT2D eigenvalue weighted by Gasteiger charge is 2.23. The van der Waals surface area contributed by atoms with Crippen LogP contribution in [0.4, 0.5) is 17.3 Å². The highest BCUT2D eigenvalue weighted by Crippen LogP contribution is 2.23. The van der Waals surface area contributed by atoms with Gasteiger partial charge in [-0.05, 0) is 37.0 Å². The number of carbonyl (C=O) groups is 1. The highest BCUT2D eigenvalue weighted by atomic mass is 16.1. The van der Waals surface area contributed by atoms with Gasteiger partial charge >= 0.3 is 0 Å². The monoisotopic (exact) mass is 325 g/mol. The third-order valence-electron chi connectivity index (χ3n) is 4.50. The number of hydrogen-bond donors (Lipinski definition) is 2. The van der Waals surface area contributed by atoms with Gasteiger partial charge in [-0.1, -0.05) is 19.4 Å². The lowest BCUT2D eigenvalue weighted by Gasteiger charge is -2.16. The lowest BCUT2D eigenvalue weighted by atomic mass is 10.1. The zero-order valence-electron chi connectivity index (χ0n) is 14.1. The van der Waals surface area contributed by atoms with E-state index in [-0.39, 0.29) is 5.91 Å². The molecule has 1 saturated heterocycles. The molecule has 24 heavy (non-hydrogen) atoms. The van der Waals surface area contributed by atoms with Crippen molar-refractivity contribution in [1.82, 2.24) is 9.97 Å². The zero-order chi connectivity index (χ0) is 17.1. The smallest absolute Gasteiger partial charge is 0.258 e. The van der Waals surface area contributed by atoms with Crippen LogP contribution in [-0.2, 0) is 0 Å². The summed E-state index contributed by atoms with van der Waals surface area (Å²) >= 11 is 0. The van der Waals surface area contributed by atoms with Crippen LogP contribution in [0, 0.1) is 12.8 Å². The largest absolute Gasteiger partial charge is 0.397 e. The number of aryl methyl sites for hydroxylation is 1. The predicted octanol–water partition coefficient (Wildman–Crippen LogP) is 2.86. The van der Waals surface area contributed by atoms with E-state index in [1.54, 1.807) is 18.5 Å². The van der Waals surface area contributed by atoms with Crippen LogP contribution in [0.25, 0.3) is 0 Å². The standard InChI is InChI=1S/C18H23N5O/c1-3-13-6-7-23(11-13)18-20-9-14(10-21-18)17(24)22-16-8-12(2)4-5-15(16)19/h4-5,8-10,13H,3,6-7,11,19H2,1-2H3,(H,22,24)/t13-/m1/s1. The molecule has 1 aromatic carbocycles. The number of aromatic nitrogens is 2. The van der Waals surface area contributed by atoms with Crippen molar-refractivity contribution in [3.63, 3.8) is 0 Å². The fourth-order valence-corrected chi connectivity index (χ4v) is 2.92. The molecule has 2 aromatic rings. The number of rotatable bonds is 4. The second kappa shape index (κ2) is 6.86. The summed E-state index contributed by atoms with van der Waals surface area (Å²) in [6, 6.07) is 5.53. The summed E-state index contributed by atoms with van der Waals surface area (Å²) in [7, 11) is 0. The molecule has 1 aliphatic heterocycles. The Morgan fingerprint density at radius 2 is 2.12 bits per heavy atom. The van der Waals surface area contributed by atoms with Crippen LogP contribution < -0.4 is 16.0 Å². The number of nitrogens with two attached hydrogens (primary N) is 1. The summed E-state index contributed by atoms with van der Waals surface area (Å²) in [5, 5.41) is 2.81. The normalized spacial score (nSPS) is 17.1. The van der Waals surface area contributed by atoms with E-state index < -0.39 is 0 Å². The van der Waals surface area contributed by atoms with E-state index in [0.717, 1.165) is 18.7 Å². The van der Waals surface area contributed by atoms with Crippen molar-refractivity contribution in [3.05, 3.63) is 41.7 Å². The summed E-state index contributed by atoms with van der Waals surface area (Å²) in [4.78, 5) is 23.2. The number of benzene rings is 1. The Morgan fingerprint density at radius 1 is 1.38 bits per heavy atom. The van der Waals surface area contributed by atoms with E-state index >= 15 is 0 Å². The van der Waals surface area contributed by atoms with Crippen LogP contribution in [-0.4, -0.2) is 29.0 Å². The van der Waals surface area contributed by atoms with Gasteiger partial charge in [-0.25, -0.2) is 9.97 Å². The molecule has 1 fully saturated rings. The van der Waals surface area contributed by atoms with Gasteiger partial charge in [0.05, 0.1) is 16.9 Å². The maximum Gasteiger partial charge on any atom is 0.258 e. The number of nitrogens with zero attached hydrogens (tertiary/aromatic N) is 3. The number of nitrogen functional groups attached to an aromatic ring is 1. The van der Waals surface area contributed by atoms with Gasteiger partial charge in [0.25, 0.3) is 5.91 Å². The van der Waals surface area contributed by atoms with Crippen molar-refractivity contribution in [3.8, 4) is 0 Å². The quantitative estimate of drug-likeness (QED) is 0.845. The molecule has 6 nitrogen and oxygen atoms in total. The van der Waals surface area contributed by atoms with Gasteiger partial charge in [0, 0.05) is 25.5 Å². The molecular formula is C18H23N5O. The maximum atomic E-state index is 12.3. The molecule has 1 aliphatic rings. The second-order valence-corrected chi connectivity index (χ2v) is 6.33. The first-order valence-corrected chi connectivity index (χ1v) is 8.31. The van der Waals surface area contributed by atoms with E-state index in [1.165, 1.54) is 12.8 Å². The van der Waals surface area contributed by atoms with E-state index in [1.807, 2.05) is 19.1 Å². The van der Waals surface area contributed by atoms with Crippen LogP contribution in [0.1, 0.15) is 35.7 Å². The molecule has 0 bridgehead atoms. The fraction of sp³-hybridized carbons (Fsp3) is 0.389. The maximum absolute atomic E-state index is 12.3. The van der Waals surface area contributed by atoms with Gasteiger partial charge < -0.3 is 16.0 Å². The molecular weight excluding hydrogens is 302 g/mol. The minimum atomic E-state index is -0.258. The molecule has 3 N–H and O–H groups in total. The minimum absolute atomic E-state index is 0.258. The van der Waals surface area contributed by atoms with Crippen molar-refractivity contribution >= 4 is 23.2 Å². The average Bonchev–Trinajstić information content (AvgIpc) is 3.07. The molecule has 1 aromatic heterocycles. The zero-order valence-corrected chi connectivity index (χ0v) is 14.1. The second-order valence-electron chi connectivity index (χ2n) is 6.33. The first-order chi connectivity index (χ1) is 11.6. The van der Waals surface area contributed by atoms with Crippen molar-refractivity contribution in [1.29, 1.82) is 0 Å². The first-order valence-electron chi connectivity index (χ1n) is 8.31. The Labute approximate surface area is 142 Å². The summed E-state index contributed by atoms with van der Waals surface area (Å²) in [5.74, 6) is 1.14. The topological polar surface area (TPSA) is 84.1 Å². The number of hydrogen-bond acceptors (Lipinski definition) is 5. The molecule has 6 heteroatoms. The fourth-order valence-electron chi connectivity index (χ4n) is 2.92. The van der Waals surface area contributed by atoms with Gasteiger partial charge in [0.1, 0.15) is 0 Å². The molecule has 0 spiro atoms. The Morgan fingerprint density at radius 3 is 2.79 bits per heavy atom. The average molecular weight is 325 g/mol. The summed E-state index contributed by atoms with van der Waals surface area (Å²) in [6.45, 7) is 6.12. The van der Waals surface area contributed by atoms with Crippen LogP contribution in [0.15, 0.2) is 30.6 Å². The Balaban J connectivity index is 1.69. The Bertz CT molecular complexity index is 729. The van der Waals surface area contributed by atoms with Crippen LogP contribution in [0.5, 0.6) is 0 Å². The Hall–Kier alpha value is -2.63. The highest BCUT2D eigenvalue weighted by molar-refractivity contribution is 6.05. The van der Waals surface area contributed by atoms with Crippen LogP contribution in [0.2, 0.25) is 0 Å². The molecule has 1 amide bonds. The SMILES string of the molecule is CC[C@@H]1CCN(c2ncc(C(=O)Nc3cc(C)ccc3N)cn2)C1. The number of anilines is 3. The molecule has 0 saturated carbocycles. The van der Waals surface area contributed by atoms with Gasteiger partial charge in [0.2, 0.25) is 5.95 Å². The molecule has 3 rings (SSSR count). The van der Waals surface area contributed by atoms with Gasteiger partial charge in [-0.2, -0.15) is 0 Å². The van der Waals surface area contributed by atoms with Crippen molar-refractivity contribution < 1.29 is 4.79 Å². The number of nitrogens with one attached hydrogen (secondary N) is 1. The summed E-state index contributed by atoms with van der Waals surface area (Å²) in [6.07, 6.45) is 5.50. The third kappa shape index (κ3) is 3.48. The molecule has 2 heterocycles. The minimum Gasteiger partial charge on any atom is -0.397 e. The summed E-state index contributed by atoms with van der Waals surface area (Å²) in [5.41, 5.74) is 8.49. The number of amides is 1. The first kappa shape index (κ1) is 16.2. The third-order valence-corrected chi connectivity index (χ3v) is 4.50. The molecule has 0 unspecified atom stereocenters. The lowest BCUT2D eigenvalue weighted by molar-refractivity contribution is 0.102. The molecule has 0 aliphatic carbocycles. The van der Waals surface area contributed by atoms with Crippen molar-refractivity contribution in [2.45, 2.75) is 26.7 Å². The van der Waals surface area contributed by atoms with Crippen molar-refractivity contribution in [2.24, 2.45) is 5.92 Å². The van der Waals surface area contributed by atoms with Gasteiger partial charge in [-0.3, -0.25) is 4.79 Å². The predicted molar refractivity (Wildman–Crippen MR) is 96.2 cm³/mol. The lowest BCUT2D eigenvalue weighted by Crippen LogP contribution is -2.22. The molecule has 0 radical (unpaired) electrons.